The zero-order chi connectivity index (χ0) is 16.9. The van der Waals surface area contributed by atoms with Crippen LogP contribution in [0.3, 0.4) is 0 Å². The number of hydrogen-bond acceptors (Lipinski definition) is 6. The molecule has 0 radical (unpaired) electrons. The number of carbonyl (C=O) groups is 2. The van der Waals surface area contributed by atoms with Gasteiger partial charge in [-0.1, -0.05) is 0 Å². The number of aromatic amines is 4. The number of rotatable bonds is 2. The van der Waals surface area contributed by atoms with Crippen LogP contribution in [-0.2, 0) is 0 Å². The molecule has 0 aromatic carbocycles. The summed E-state index contributed by atoms with van der Waals surface area (Å²) in [6, 6.07) is 0. The first-order chi connectivity index (χ1) is 10.2. The maximum Gasteiger partial charge on any atom is 0.342 e. The van der Waals surface area contributed by atoms with Gasteiger partial charge in [-0.15, -0.1) is 0 Å². The maximum atomic E-state index is 10.6. The molecule has 2 heterocycles. The number of carboxylic acids is 2. The van der Waals surface area contributed by atoms with Crippen molar-refractivity contribution in [1.82, 2.24) is 19.9 Å². The Labute approximate surface area is 129 Å². The molecule has 0 aliphatic carbocycles. The third-order valence-corrected chi connectivity index (χ3v) is 2.10. The van der Waals surface area contributed by atoms with Gasteiger partial charge >= 0.3 is 23.3 Å². The van der Waals surface area contributed by atoms with Crippen molar-refractivity contribution in [3.8, 4) is 0 Å². The van der Waals surface area contributed by atoms with E-state index in [9.17, 15) is 28.8 Å². The number of aromatic carboxylic acids is 2. The average molecular weight is 348 g/mol. The fraction of sp³-hybridized carbons (Fsp3) is 0. The Morgan fingerprint density at radius 1 is 0.708 bits per heavy atom. The minimum Gasteiger partial charge on any atom is -0.477 e. The van der Waals surface area contributed by atoms with Crippen LogP contribution in [0.5, 0.6) is 0 Å². The number of nitrogens with one attached hydrogen (secondary N) is 4. The molecule has 2 aromatic heterocycles. The zero-order valence-corrected chi connectivity index (χ0v) is 11.5. The first-order valence-corrected chi connectivity index (χ1v) is 5.33. The summed E-state index contributed by atoms with van der Waals surface area (Å²) in [4.78, 5) is 70.0. The summed E-state index contributed by atoms with van der Waals surface area (Å²) in [5.74, 6) is -2.75. The fourth-order valence-electron chi connectivity index (χ4n) is 1.14. The molecule has 0 amide bonds. The number of carboxylic acid groups (broad SMARTS) is 2. The summed E-state index contributed by atoms with van der Waals surface area (Å²) < 4.78 is 0. The minimum atomic E-state index is -1.37. The van der Waals surface area contributed by atoms with Crippen molar-refractivity contribution in [1.29, 1.82) is 0 Å². The lowest BCUT2D eigenvalue weighted by molar-refractivity contribution is 0.0683. The average Bonchev–Trinajstić information content (AvgIpc) is 2.38. The van der Waals surface area contributed by atoms with Crippen LogP contribution in [-0.4, -0.2) is 53.0 Å². The first-order valence-electron chi connectivity index (χ1n) is 5.33. The molecule has 24 heavy (non-hydrogen) atoms. The van der Waals surface area contributed by atoms with Gasteiger partial charge in [0.2, 0.25) is 0 Å². The van der Waals surface area contributed by atoms with E-state index in [1.54, 1.807) is 9.97 Å². The van der Waals surface area contributed by atoms with Crippen molar-refractivity contribution in [3.05, 3.63) is 65.2 Å². The third kappa shape index (κ3) is 5.92. The van der Waals surface area contributed by atoms with Crippen molar-refractivity contribution in [2.75, 3.05) is 0 Å². The van der Waals surface area contributed by atoms with Gasteiger partial charge in [-0.25, -0.2) is 19.2 Å². The molecule has 0 fully saturated rings. The van der Waals surface area contributed by atoms with E-state index >= 15 is 0 Å². The molecule has 0 aliphatic rings. The summed E-state index contributed by atoms with van der Waals surface area (Å²) >= 11 is 0. The van der Waals surface area contributed by atoms with Crippen molar-refractivity contribution in [2.24, 2.45) is 0 Å². The largest absolute Gasteiger partial charge is 0.477 e. The molecule has 0 saturated heterocycles. The first kappa shape index (κ1) is 22.5. The molecule has 10 N–H and O–H groups in total. The monoisotopic (exact) mass is 348 g/mol. The van der Waals surface area contributed by atoms with Crippen molar-refractivity contribution < 1.29 is 30.8 Å². The van der Waals surface area contributed by atoms with E-state index in [-0.39, 0.29) is 11.0 Å². The SMILES string of the molecule is O.O.O=C(O)c1c[nH]c(=O)[nH]c1=O.O=C(O)c1c[nH]c(=O)[nH]c1=O. The summed E-state index contributed by atoms with van der Waals surface area (Å²) in [7, 11) is 0. The highest BCUT2D eigenvalue weighted by molar-refractivity contribution is 5.86. The van der Waals surface area contributed by atoms with Crippen LogP contribution in [0.25, 0.3) is 0 Å². The summed E-state index contributed by atoms with van der Waals surface area (Å²) in [6.07, 6.45) is 1.70. The summed E-state index contributed by atoms with van der Waals surface area (Å²) in [6.45, 7) is 0. The number of H-pyrrole nitrogens is 4. The molecule has 14 heteroatoms. The molecule has 132 valence electrons. The van der Waals surface area contributed by atoms with E-state index in [0.29, 0.717) is 0 Å². The highest BCUT2D eigenvalue weighted by atomic mass is 16.4. The van der Waals surface area contributed by atoms with Gasteiger partial charge in [0.25, 0.3) is 11.1 Å². The van der Waals surface area contributed by atoms with Crippen LogP contribution in [0.15, 0.2) is 31.6 Å². The molecule has 0 aliphatic heterocycles. The highest BCUT2D eigenvalue weighted by Crippen LogP contribution is 1.81. The Balaban J connectivity index is 0. The standard InChI is InChI=1S/2C5H4N2O4.2H2O/c2*8-3-2(4(9)10)1-6-5(11)7-3;;/h2*1H,(H,9,10)(H2,6,7,8,11);2*1H2. The Hall–Kier alpha value is -3.78. The Morgan fingerprint density at radius 3 is 1.21 bits per heavy atom. The molecule has 0 spiro atoms. The van der Waals surface area contributed by atoms with Gasteiger partial charge in [-0.05, 0) is 0 Å². The van der Waals surface area contributed by atoms with Crippen molar-refractivity contribution >= 4 is 11.9 Å². The maximum absolute atomic E-state index is 10.6. The van der Waals surface area contributed by atoms with E-state index in [4.69, 9.17) is 10.2 Å². The van der Waals surface area contributed by atoms with Crippen molar-refractivity contribution in [2.45, 2.75) is 0 Å². The van der Waals surface area contributed by atoms with Gasteiger partial charge in [0.15, 0.2) is 0 Å². The predicted molar refractivity (Wildman–Crippen MR) is 76.5 cm³/mol. The second-order valence-corrected chi connectivity index (χ2v) is 3.58. The van der Waals surface area contributed by atoms with E-state index < -0.39 is 45.6 Å². The smallest absolute Gasteiger partial charge is 0.342 e. The Kier molecular flexibility index (Phi) is 8.70. The zero-order valence-electron chi connectivity index (χ0n) is 11.5. The second-order valence-electron chi connectivity index (χ2n) is 3.58. The topological polar surface area (TPSA) is 269 Å². The molecular formula is C10H12N4O10. The third-order valence-electron chi connectivity index (χ3n) is 2.10. The molecular weight excluding hydrogens is 336 g/mol. The van der Waals surface area contributed by atoms with Gasteiger partial charge < -0.3 is 31.1 Å². The van der Waals surface area contributed by atoms with Crippen LogP contribution in [0, 0.1) is 0 Å². The van der Waals surface area contributed by atoms with E-state index in [2.05, 4.69) is 0 Å². The van der Waals surface area contributed by atoms with Gasteiger partial charge in [0.05, 0.1) is 0 Å². The van der Waals surface area contributed by atoms with Crippen molar-refractivity contribution in [3.63, 3.8) is 0 Å². The van der Waals surface area contributed by atoms with E-state index in [1.807, 2.05) is 9.97 Å². The van der Waals surface area contributed by atoms with Crippen LogP contribution in [0.2, 0.25) is 0 Å². The molecule has 0 saturated carbocycles. The van der Waals surface area contributed by atoms with E-state index in [0.717, 1.165) is 12.4 Å². The summed E-state index contributed by atoms with van der Waals surface area (Å²) in [5, 5.41) is 16.6. The van der Waals surface area contributed by atoms with Gasteiger partial charge in [0, 0.05) is 12.4 Å². The van der Waals surface area contributed by atoms with E-state index in [1.165, 1.54) is 0 Å². The molecule has 2 aromatic rings. The Morgan fingerprint density at radius 2 is 1.00 bits per heavy atom. The number of aromatic nitrogens is 4. The number of hydrogen-bond donors (Lipinski definition) is 6. The van der Waals surface area contributed by atoms with Crippen LogP contribution < -0.4 is 22.5 Å². The predicted octanol–water partition coefficient (Wildman–Crippen LogP) is -4.13. The van der Waals surface area contributed by atoms with Gasteiger partial charge in [-0.2, -0.15) is 0 Å². The lowest BCUT2D eigenvalue weighted by atomic mass is 10.3. The lowest BCUT2D eigenvalue weighted by Crippen LogP contribution is -2.26. The highest BCUT2D eigenvalue weighted by Gasteiger charge is 2.07. The Bertz CT molecular complexity index is 856. The van der Waals surface area contributed by atoms with Crippen LogP contribution >= 0.6 is 0 Å². The molecule has 0 atom stereocenters. The minimum absolute atomic E-state index is 0. The van der Waals surface area contributed by atoms with Crippen LogP contribution in [0.4, 0.5) is 0 Å². The molecule has 14 nitrogen and oxygen atoms in total. The normalized spacial score (nSPS) is 8.67. The quantitative estimate of drug-likeness (QED) is 0.309. The molecule has 0 bridgehead atoms. The van der Waals surface area contributed by atoms with Crippen LogP contribution in [0.1, 0.15) is 20.7 Å². The second kappa shape index (κ2) is 9.28. The molecule has 0 unspecified atom stereocenters. The summed E-state index contributed by atoms with van der Waals surface area (Å²) in [5.41, 5.74) is -4.21. The fourth-order valence-corrected chi connectivity index (χ4v) is 1.14. The van der Waals surface area contributed by atoms with Gasteiger partial charge in [0.1, 0.15) is 11.1 Å². The molecule has 2 rings (SSSR count). The van der Waals surface area contributed by atoms with Gasteiger partial charge in [-0.3, -0.25) is 19.6 Å². The lowest BCUT2D eigenvalue weighted by Gasteiger charge is -1.88.